The Morgan fingerprint density at radius 3 is 2.27 bits per heavy atom. The first kappa shape index (κ1) is 28.3. The Labute approximate surface area is 230 Å². The molecule has 1 saturated carbocycles. The van der Waals surface area contributed by atoms with E-state index < -0.39 is 35.6 Å². The van der Waals surface area contributed by atoms with Gasteiger partial charge in [0.2, 0.25) is 0 Å². The number of carbonyl (C=O) groups is 1. The molecule has 1 aliphatic carbocycles. The third kappa shape index (κ3) is 5.26. The minimum Gasteiger partial charge on any atom is -0.462 e. The van der Waals surface area contributed by atoms with Crippen LogP contribution in [0.25, 0.3) is 0 Å². The standard InChI is InChI=1S/C28H29Cl3F3NO2/c1-15(2)19-10-9-16(3)11-22(19)37-26(36)23-25(17-7-5-4-6-8-17)35-14-27(23,28(32,33)34)18-12-20(29)24(31)21(30)13-18/h4-8,12-16,19,22-23,25H,9-11H2,1-3H3/t16?,19?,22?,23?,25-,27?/m1/s1. The molecule has 0 radical (unpaired) electrons. The summed E-state index contributed by atoms with van der Waals surface area (Å²) in [6, 6.07) is 9.60. The second-order valence-electron chi connectivity index (χ2n) is 10.5. The summed E-state index contributed by atoms with van der Waals surface area (Å²) in [7, 11) is 0. The van der Waals surface area contributed by atoms with Crippen LogP contribution < -0.4 is 0 Å². The molecule has 37 heavy (non-hydrogen) atoms. The molecule has 200 valence electrons. The van der Waals surface area contributed by atoms with Gasteiger partial charge in [-0.15, -0.1) is 0 Å². The summed E-state index contributed by atoms with van der Waals surface area (Å²) in [4.78, 5) is 18.2. The van der Waals surface area contributed by atoms with Crippen molar-refractivity contribution < 1.29 is 22.7 Å². The highest BCUT2D eigenvalue weighted by molar-refractivity contribution is 6.48. The Kier molecular flexibility index (Phi) is 8.23. The fraction of sp³-hybridized carbons (Fsp3) is 0.500. The predicted molar refractivity (Wildman–Crippen MR) is 142 cm³/mol. The van der Waals surface area contributed by atoms with Crippen LogP contribution in [0.5, 0.6) is 0 Å². The van der Waals surface area contributed by atoms with E-state index >= 15 is 13.2 Å². The van der Waals surface area contributed by atoms with Crippen LogP contribution in [0.2, 0.25) is 15.1 Å². The van der Waals surface area contributed by atoms with Crippen molar-refractivity contribution in [2.24, 2.45) is 28.7 Å². The summed E-state index contributed by atoms with van der Waals surface area (Å²) < 4.78 is 51.6. The van der Waals surface area contributed by atoms with Gasteiger partial charge in [-0.25, -0.2) is 0 Å². The highest BCUT2D eigenvalue weighted by Gasteiger charge is 2.67. The van der Waals surface area contributed by atoms with Crippen molar-refractivity contribution in [2.75, 3.05) is 0 Å². The molecule has 0 bridgehead atoms. The van der Waals surface area contributed by atoms with E-state index in [9.17, 15) is 4.79 Å². The topological polar surface area (TPSA) is 38.7 Å². The summed E-state index contributed by atoms with van der Waals surface area (Å²) in [5, 5.41) is -0.344. The van der Waals surface area contributed by atoms with Crippen LogP contribution in [-0.4, -0.2) is 24.5 Å². The molecule has 1 aliphatic heterocycles. The Bertz CT molecular complexity index is 1150. The van der Waals surface area contributed by atoms with Crippen molar-refractivity contribution in [2.45, 2.75) is 63.8 Å². The van der Waals surface area contributed by atoms with Gasteiger partial charge in [-0.1, -0.05) is 92.3 Å². The van der Waals surface area contributed by atoms with E-state index in [-0.39, 0.29) is 32.5 Å². The van der Waals surface area contributed by atoms with Crippen molar-refractivity contribution >= 4 is 47.0 Å². The fourth-order valence-electron chi connectivity index (χ4n) is 5.79. The molecule has 5 unspecified atom stereocenters. The molecule has 0 aromatic heterocycles. The van der Waals surface area contributed by atoms with Gasteiger partial charge in [-0.05, 0) is 53.9 Å². The van der Waals surface area contributed by atoms with Crippen LogP contribution in [0, 0.1) is 23.7 Å². The minimum absolute atomic E-state index is 0.0611. The fourth-order valence-corrected chi connectivity index (χ4v) is 6.39. The molecule has 9 heteroatoms. The number of rotatable bonds is 5. The number of hydrogen-bond acceptors (Lipinski definition) is 3. The van der Waals surface area contributed by atoms with Crippen LogP contribution in [0.3, 0.4) is 0 Å². The number of ether oxygens (including phenoxy) is 1. The van der Waals surface area contributed by atoms with Gasteiger partial charge in [0.15, 0.2) is 0 Å². The molecule has 0 amide bonds. The van der Waals surface area contributed by atoms with Gasteiger partial charge >= 0.3 is 12.1 Å². The van der Waals surface area contributed by atoms with E-state index in [2.05, 4.69) is 11.9 Å². The predicted octanol–water partition coefficient (Wildman–Crippen LogP) is 8.89. The highest BCUT2D eigenvalue weighted by atomic mass is 35.5. The maximum Gasteiger partial charge on any atom is 0.404 e. The van der Waals surface area contributed by atoms with Crippen LogP contribution >= 0.6 is 34.8 Å². The second kappa shape index (κ2) is 10.8. The SMILES string of the molecule is CC1CCC(C(C)C)C(OC(=O)C2[C@@H](c3ccccc3)N=CC2(c2cc(Cl)c(Cl)c(Cl)c2)C(F)(F)F)C1. The number of aliphatic imine (C=N–C) groups is 1. The molecule has 0 saturated heterocycles. The zero-order valence-electron chi connectivity index (χ0n) is 20.7. The number of hydrogen-bond donors (Lipinski definition) is 0. The van der Waals surface area contributed by atoms with Gasteiger partial charge < -0.3 is 4.74 Å². The molecule has 2 aromatic carbocycles. The van der Waals surface area contributed by atoms with Crippen LogP contribution in [-0.2, 0) is 14.9 Å². The largest absolute Gasteiger partial charge is 0.462 e. The first-order valence-corrected chi connectivity index (χ1v) is 13.5. The molecule has 3 nitrogen and oxygen atoms in total. The number of nitrogens with zero attached hydrogens (tertiary/aromatic N) is 1. The molecule has 2 aliphatic rings. The Balaban J connectivity index is 1.85. The lowest BCUT2D eigenvalue weighted by Gasteiger charge is -2.40. The molecule has 1 fully saturated rings. The average molecular weight is 575 g/mol. The van der Waals surface area contributed by atoms with Crippen LogP contribution in [0.4, 0.5) is 13.2 Å². The lowest BCUT2D eigenvalue weighted by Crippen LogP contribution is -2.53. The number of halogens is 6. The normalized spacial score (nSPS) is 30.1. The van der Waals surface area contributed by atoms with E-state index in [1.54, 1.807) is 30.3 Å². The van der Waals surface area contributed by atoms with Crippen molar-refractivity contribution in [3.05, 3.63) is 68.7 Å². The maximum absolute atomic E-state index is 15.2. The average Bonchev–Trinajstić information content (AvgIpc) is 3.25. The quantitative estimate of drug-likeness (QED) is 0.264. The van der Waals surface area contributed by atoms with Crippen molar-refractivity contribution in [3.63, 3.8) is 0 Å². The van der Waals surface area contributed by atoms with Crippen LogP contribution in [0.15, 0.2) is 47.5 Å². The van der Waals surface area contributed by atoms with E-state index in [1.165, 1.54) is 0 Å². The highest BCUT2D eigenvalue weighted by Crippen LogP contribution is 2.56. The molecule has 4 rings (SSSR count). The number of alkyl halides is 3. The molecular weight excluding hydrogens is 546 g/mol. The van der Waals surface area contributed by atoms with Gasteiger partial charge in [0.05, 0.1) is 21.1 Å². The summed E-state index contributed by atoms with van der Waals surface area (Å²) in [5.41, 5.74) is -2.63. The number of carbonyl (C=O) groups excluding carboxylic acids is 1. The first-order valence-electron chi connectivity index (χ1n) is 12.4. The van der Waals surface area contributed by atoms with Gasteiger partial charge in [0, 0.05) is 6.21 Å². The van der Waals surface area contributed by atoms with E-state index in [0.717, 1.165) is 31.2 Å². The molecule has 6 atom stereocenters. The number of esters is 1. The smallest absolute Gasteiger partial charge is 0.404 e. The van der Waals surface area contributed by atoms with Gasteiger partial charge in [-0.2, -0.15) is 13.2 Å². The summed E-state index contributed by atoms with van der Waals surface area (Å²) >= 11 is 18.4. The van der Waals surface area contributed by atoms with Gasteiger partial charge in [-0.3, -0.25) is 9.79 Å². The third-order valence-electron chi connectivity index (χ3n) is 7.80. The molecule has 1 heterocycles. The molecule has 2 aromatic rings. The van der Waals surface area contributed by atoms with E-state index in [1.807, 2.05) is 13.8 Å². The third-order valence-corrected chi connectivity index (χ3v) is 9.00. The van der Waals surface area contributed by atoms with Crippen molar-refractivity contribution in [1.82, 2.24) is 0 Å². The first-order chi connectivity index (χ1) is 17.4. The van der Waals surface area contributed by atoms with Crippen LogP contribution in [0.1, 0.15) is 57.2 Å². The summed E-state index contributed by atoms with van der Waals surface area (Å²) in [6.07, 6.45) is -2.12. The second-order valence-corrected chi connectivity index (χ2v) is 11.7. The maximum atomic E-state index is 15.2. The lowest BCUT2D eigenvalue weighted by atomic mass is 9.68. The summed E-state index contributed by atoms with van der Waals surface area (Å²) in [6.45, 7) is 6.16. The molecule has 0 spiro atoms. The Morgan fingerprint density at radius 1 is 1.08 bits per heavy atom. The zero-order valence-corrected chi connectivity index (χ0v) is 23.0. The van der Waals surface area contributed by atoms with Crippen molar-refractivity contribution in [3.8, 4) is 0 Å². The van der Waals surface area contributed by atoms with E-state index in [4.69, 9.17) is 39.5 Å². The van der Waals surface area contributed by atoms with E-state index in [0.29, 0.717) is 17.9 Å². The zero-order chi connectivity index (χ0) is 27.1. The Hall–Kier alpha value is -1.76. The number of benzene rings is 2. The lowest BCUT2D eigenvalue weighted by molar-refractivity contribution is -0.197. The van der Waals surface area contributed by atoms with Crippen molar-refractivity contribution in [1.29, 1.82) is 0 Å². The molecule has 0 N–H and O–H groups in total. The Morgan fingerprint density at radius 2 is 1.70 bits per heavy atom. The monoisotopic (exact) mass is 573 g/mol. The van der Waals surface area contributed by atoms with Gasteiger partial charge in [0.1, 0.15) is 17.4 Å². The molecular formula is C28H29Cl3F3NO2. The minimum atomic E-state index is -4.92. The summed E-state index contributed by atoms with van der Waals surface area (Å²) in [5.74, 6) is -2.06. The van der Waals surface area contributed by atoms with Gasteiger partial charge in [0.25, 0.3) is 0 Å².